The molecule has 2 aromatic carbocycles. The van der Waals surface area contributed by atoms with E-state index in [1.54, 1.807) is 0 Å². The third-order valence-electron chi connectivity index (χ3n) is 3.81. The lowest BCUT2D eigenvalue weighted by Crippen LogP contribution is -2.23. The van der Waals surface area contributed by atoms with Crippen molar-refractivity contribution in [2.24, 2.45) is 0 Å². The van der Waals surface area contributed by atoms with Gasteiger partial charge in [0.05, 0.1) is 5.56 Å². The summed E-state index contributed by atoms with van der Waals surface area (Å²) in [6.07, 6.45) is -4.50. The second-order valence-corrected chi connectivity index (χ2v) is 5.89. The maximum Gasteiger partial charge on any atom is 0.416 e. The number of carbonyl (C=O) groups is 1. The normalized spacial score (nSPS) is 11.3. The molecule has 0 aliphatic heterocycles. The zero-order valence-corrected chi connectivity index (χ0v) is 14.6. The zero-order chi connectivity index (χ0) is 21.0. The molecule has 5 nitrogen and oxygen atoms in total. The highest BCUT2D eigenvalue weighted by atomic mass is 19.4. The van der Waals surface area contributed by atoms with Crippen LogP contribution in [-0.2, 0) is 19.3 Å². The van der Waals surface area contributed by atoms with E-state index in [0.717, 1.165) is 18.2 Å². The van der Waals surface area contributed by atoms with Gasteiger partial charge in [0, 0.05) is 18.2 Å². The average Bonchev–Trinajstić information content (AvgIpc) is 3.16. The van der Waals surface area contributed by atoms with Gasteiger partial charge in [-0.15, -0.1) is 0 Å². The number of halogens is 5. The fourth-order valence-corrected chi connectivity index (χ4v) is 2.36. The van der Waals surface area contributed by atoms with Crippen LogP contribution in [0.15, 0.2) is 53.1 Å². The van der Waals surface area contributed by atoms with Crippen molar-refractivity contribution in [3.63, 3.8) is 0 Å². The molecule has 1 heterocycles. The summed E-state index contributed by atoms with van der Waals surface area (Å²) in [5.41, 5.74) is -1.06. The van der Waals surface area contributed by atoms with E-state index in [2.05, 4.69) is 10.5 Å². The number of hydrogen-bond donors (Lipinski definition) is 1. The summed E-state index contributed by atoms with van der Waals surface area (Å²) in [7, 11) is 0. The monoisotopic (exact) mass is 412 g/mol. The van der Waals surface area contributed by atoms with Crippen molar-refractivity contribution in [3.05, 3.63) is 82.7 Å². The molecule has 1 amide bonds. The number of amides is 1. The van der Waals surface area contributed by atoms with Crippen LogP contribution >= 0.6 is 0 Å². The molecule has 1 N–H and O–H groups in total. The molecular formula is C19H13F5N2O3. The lowest BCUT2D eigenvalue weighted by atomic mass is 10.2. The van der Waals surface area contributed by atoms with E-state index in [0.29, 0.717) is 0 Å². The van der Waals surface area contributed by atoms with Crippen LogP contribution in [0.4, 0.5) is 22.0 Å². The van der Waals surface area contributed by atoms with Crippen molar-refractivity contribution in [3.8, 4) is 5.75 Å². The van der Waals surface area contributed by atoms with Crippen LogP contribution in [0.2, 0.25) is 0 Å². The van der Waals surface area contributed by atoms with E-state index >= 15 is 0 Å². The number of carbonyl (C=O) groups excluding carboxylic acids is 1. The molecule has 1 aromatic heterocycles. The molecular weight excluding hydrogens is 399 g/mol. The smallest absolute Gasteiger partial charge is 0.416 e. The molecule has 0 aliphatic carbocycles. The Hall–Kier alpha value is -3.43. The average molecular weight is 412 g/mol. The first kappa shape index (κ1) is 20.3. The van der Waals surface area contributed by atoms with Crippen LogP contribution in [0.1, 0.15) is 27.4 Å². The van der Waals surface area contributed by atoms with Gasteiger partial charge in [-0.25, -0.2) is 8.78 Å². The van der Waals surface area contributed by atoms with Crippen molar-refractivity contribution in [1.82, 2.24) is 10.5 Å². The van der Waals surface area contributed by atoms with Crippen LogP contribution in [0.3, 0.4) is 0 Å². The second kappa shape index (κ2) is 8.29. The summed E-state index contributed by atoms with van der Waals surface area (Å²) in [5.74, 6) is -2.76. The first-order chi connectivity index (χ1) is 13.7. The summed E-state index contributed by atoms with van der Waals surface area (Å²) in [6, 6.07) is 9.08. The summed E-state index contributed by atoms with van der Waals surface area (Å²) >= 11 is 0. The Morgan fingerprint density at radius 2 is 1.86 bits per heavy atom. The second-order valence-electron chi connectivity index (χ2n) is 5.89. The Balaban J connectivity index is 1.58. The van der Waals surface area contributed by atoms with Crippen molar-refractivity contribution in [2.45, 2.75) is 19.3 Å². The number of ether oxygens (including phenoxy) is 1. The molecule has 0 spiro atoms. The standard InChI is InChI=1S/C19H13F5N2O3/c20-15-6-1-3-11(17(15)21)9-25-18(27)16-8-14(29-26-16)10-28-13-5-2-4-12(7-13)19(22,23)24/h1-8H,9-10H2,(H,25,27). The fraction of sp³-hybridized carbons (Fsp3) is 0.158. The Morgan fingerprint density at radius 1 is 1.10 bits per heavy atom. The van der Waals surface area contributed by atoms with E-state index in [-0.39, 0.29) is 35.9 Å². The first-order valence-electron chi connectivity index (χ1n) is 8.21. The topological polar surface area (TPSA) is 64.4 Å². The van der Waals surface area contributed by atoms with Crippen LogP contribution in [0.25, 0.3) is 0 Å². The Morgan fingerprint density at radius 3 is 2.62 bits per heavy atom. The number of aromatic nitrogens is 1. The number of nitrogens with one attached hydrogen (secondary N) is 1. The minimum absolute atomic E-state index is 0.0381. The predicted molar refractivity (Wildman–Crippen MR) is 89.8 cm³/mol. The molecule has 0 radical (unpaired) electrons. The maximum absolute atomic E-state index is 13.6. The zero-order valence-electron chi connectivity index (χ0n) is 14.6. The van der Waals surface area contributed by atoms with Crippen molar-refractivity contribution >= 4 is 5.91 Å². The van der Waals surface area contributed by atoms with Gasteiger partial charge in [-0.3, -0.25) is 4.79 Å². The molecule has 0 unspecified atom stereocenters. The highest BCUT2D eigenvalue weighted by Crippen LogP contribution is 2.31. The lowest BCUT2D eigenvalue weighted by Gasteiger charge is -2.09. The summed E-state index contributed by atoms with van der Waals surface area (Å²) in [4.78, 5) is 12.0. The third kappa shape index (κ3) is 5.09. The molecule has 29 heavy (non-hydrogen) atoms. The van der Waals surface area contributed by atoms with Gasteiger partial charge in [-0.05, 0) is 24.3 Å². The lowest BCUT2D eigenvalue weighted by molar-refractivity contribution is -0.137. The van der Waals surface area contributed by atoms with Crippen LogP contribution in [-0.4, -0.2) is 11.1 Å². The minimum atomic E-state index is -4.50. The van der Waals surface area contributed by atoms with E-state index in [1.165, 1.54) is 30.3 Å². The molecule has 152 valence electrons. The quantitative estimate of drug-likeness (QED) is 0.607. The van der Waals surface area contributed by atoms with Gasteiger partial charge in [0.1, 0.15) is 12.4 Å². The van der Waals surface area contributed by atoms with E-state index in [4.69, 9.17) is 9.26 Å². The van der Waals surface area contributed by atoms with Crippen LogP contribution < -0.4 is 10.1 Å². The number of rotatable bonds is 6. The molecule has 0 atom stereocenters. The SMILES string of the molecule is O=C(NCc1cccc(F)c1F)c1cc(COc2cccc(C(F)(F)F)c2)on1. The number of nitrogens with zero attached hydrogens (tertiary/aromatic N) is 1. The number of alkyl halides is 3. The van der Waals surface area contributed by atoms with E-state index in [1.807, 2.05) is 0 Å². The molecule has 3 rings (SSSR count). The van der Waals surface area contributed by atoms with Gasteiger partial charge in [0.2, 0.25) is 0 Å². The highest BCUT2D eigenvalue weighted by Gasteiger charge is 2.30. The van der Waals surface area contributed by atoms with Crippen molar-refractivity contribution in [1.29, 1.82) is 0 Å². The van der Waals surface area contributed by atoms with Gasteiger partial charge < -0.3 is 14.6 Å². The van der Waals surface area contributed by atoms with Gasteiger partial charge in [0.25, 0.3) is 5.91 Å². The Kier molecular flexibility index (Phi) is 5.81. The third-order valence-corrected chi connectivity index (χ3v) is 3.81. The van der Waals surface area contributed by atoms with Crippen molar-refractivity contribution < 1.29 is 36.0 Å². The molecule has 0 bridgehead atoms. The molecule has 3 aromatic rings. The molecule has 10 heteroatoms. The van der Waals surface area contributed by atoms with Crippen molar-refractivity contribution in [2.75, 3.05) is 0 Å². The molecule has 0 fully saturated rings. The summed E-state index contributed by atoms with van der Waals surface area (Å²) in [5, 5.41) is 5.88. The predicted octanol–water partition coefficient (Wildman–Crippen LogP) is 4.48. The van der Waals surface area contributed by atoms with Crippen LogP contribution in [0, 0.1) is 11.6 Å². The molecule has 0 saturated heterocycles. The Labute approximate surface area is 161 Å². The summed E-state index contributed by atoms with van der Waals surface area (Å²) < 4.78 is 74.9. The number of benzene rings is 2. The first-order valence-corrected chi connectivity index (χ1v) is 8.21. The van der Waals surface area contributed by atoms with Gasteiger partial charge in [-0.1, -0.05) is 23.4 Å². The summed E-state index contributed by atoms with van der Waals surface area (Å²) in [6.45, 7) is -0.536. The van der Waals surface area contributed by atoms with E-state index in [9.17, 15) is 26.7 Å². The fourth-order valence-electron chi connectivity index (χ4n) is 2.36. The number of hydrogen-bond acceptors (Lipinski definition) is 4. The largest absolute Gasteiger partial charge is 0.486 e. The van der Waals surface area contributed by atoms with Gasteiger partial charge in [0.15, 0.2) is 23.1 Å². The van der Waals surface area contributed by atoms with Gasteiger partial charge >= 0.3 is 6.18 Å². The van der Waals surface area contributed by atoms with E-state index < -0.39 is 29.3 Å². The maximum atomic E-state index is 13.6. The minimum Gasteiger partial charge on any atom is -0.486 e. The van der Waals surface area contributed by atoms with Gasteiger partial charge in [-0.2, -0.15) is 13.2 Å². The Bertz CT molecular complexity index is 1020. The molecule has 0 saturated carbocycles. The highest BCUT2D eigenvalue weighted by molar-refractivity contribution is 5.92. The van der Waals surface area contributed by atoms with Crippen LogP contribution in [0.5, 0.6) is 5.75 Å². The molecule has 0 aliphatic rings.